The van der Waals surface area contributed by atoms with Crippen LogP contribution in [0.4, 0.5) is 17.3 Å². The number of aryl methyl sites for hydroxylation is 1. The second-order valence-electron chi connectivity index (χ2n) is 9.34. The van der Waals surface area contributed by atoms with Crippen molar-refractivity contribution in [2.45, 2.75) is 33.1 Å². The summed E-state index contributed by atoms with van der Waals surface area (Å²) < 4.78 is 0. The second kappa shape index (κ2) is 9.70. The van der Waals surface area contributed by atoms with Gasteiger partial charge in [-0.05, 0) is 61.6 Å². The molecule has 1 aliphatic heterocycles. The van der Waals surface area contributed by atoms with Crippen LogP contribution in [0.3, 0.4) is 0 Å². The first kappa shape index (κ1) is 22.8. The average molecular weight is 467 g/mol. The third kappa shape index (κ3) is 4.94. The number of H-pyrrole nitrogens is 1. The highest BCUT2D eigenvalue weighted by Crippen LogP contribution is 2.31. The monoisotopic (exact) mass is 466 g/mol. The van der Waals surface area contributed by atoms with Gasteiger partial charge in [-0.3, -0.25) is 9.89 Å². The van der Waals surface area contributed by atoms with E-state index in [0.717, 1.165) is 52.6 Å². The van der Waals surface area contributed by atoms with Crippen LogP contribution in [-0.2, 0) is 11.2 Å². The van der Waals surface area contributed by atoms with Crippen molar-refractivity contribution < 1.29 is 4.79 Å². The largest absolute Gasteiger partial charge is 0.371 e. The molecule has 0 unspecified atom stereocenters. The molecule has 2 aromatic carbocycles. The lowest BCUT2D eigenvalue weighted by molar-refractivity contribution is -0.114. The summed E-state index contributed by atoms with van der Waals surface area (Å²) in [4.78, 5) is 23.9. The zero-order chi connectivity index (χ0) is 24.4. The summed E-state index contributed by atoms with van der Waals surface area (Å²) in [5.41, 5.74) is 6.24. The Morgan fingerprint density at radius 3 is 2.77 bits per heavy atom. The SMILES string of the molecule is C=CC(=O)Cc1cccc(-c2nc(Nc3cccc(N4CCC(C)CC4)c3)nc3n[nH]c(C)c23)c1. The number of allylic oxidation sites excluding steroid dienone is 1. The van der Waals surface area contributed by atoms with Gasteiger partial charge in [0.2, 0.25) is 5.95 Å². The van der Waals surface area contributed by atoms with E-state index in [2.05, 4.69) is 57.1 Å². The maximum atomic E-state index is 11.9. The molecule has 2 aromatic heterocycles. The molecular formula is C28H30N6O. The molecule has 3 heterocycles. The van der Waals surface area contributed by atoms with E-state index < -0.39 is 0 Å². The van der Waals surface area contributed by atoms with Gasteiger partial charge < -0.3 is 10.2 Å². The Kier molecular flexibility index (Phi) is 6.31. The number of aromatic amines is 1. The molecule has 4 aromatic rings. The van der Waals surface area contributed by atoms with Crippen LogP contribution in [0, 0.1) is 12.8 Å². The third-order valence-corrected chi connectivity index (χ3v) is 6.65. The molecule has 0 radical (unpaired) electrons. The van der Waals surface area contributed by atoms with Crippen LogP contribution in [0.5, 0.6) is 0 Å². The fraction of sp³-hybridized carbons (Fsp3) is 0.286. The second-order valence-corrected chi connectivity index (χ2v) is 9.34. The van der Waals surface area contributed by atoms with E-state index in [0.29, 0.717) is 18.0 Å². The summed E-state index contributed by atoms with van der Waals surface area (Å²) in [6, 6.07) is 16.3. The quantitative estimate of drug-likeness (QED) is 0.345. The van der Waals surface area contributed by atoms with Crippen molar-refractivity contribution in [3.63, 3.8) is 0 Å². The van der Waals surface area contributed by atoms with Gasteiger partial charge in [0.15, 0.2) is 11.4 Å². The van der Waals surface area contributed by atoms with Gasteiger partial charge in [-0.1, -0.05) is 37.8 Å². The Morgan fingerprint density at radius 2 is 1.97 bits per heavy atom. The molecule has 178 valence electrons. The number of piperidine rings is 1. The molecule has 1 aliphatic rings. The molecule has 35 heavy (non-hydrogen) atoms. The third-order valence-electron chi connectivity index (χ3n) is 6.65. The van der Waals surface area contributed by atoms with E-state index >= 15 is 0 Å². The van der Waals surface area contributed by atoms with Crippen LogP contribution in [0.25, 0.3) is 22.3 Å². The minimum Gasteiger partial charge on any atom is -0.371 e. The summed E-state index contributed by atoms with van der Waals surface area (Å²) in [6.45, 7) is 10.0. The van der Waals surface area contributed by atoms with Crippen LogP contribution in [0.1, 0.15) is 31.0 Å². The van der Waals surface area contributed by atoms with Crippen LogP contribution in [0.15, 0.2) is 61.2 Å². The Balaban J connectivity index is 1.48. The first-order chi connectivity index (χ1) is 17.0. The minimum atomic E-state index is -0.0140. The van der Waals surface area contributed by atoms with Gasteiger partial charge in [-0.25, -0.2) is 4.98 Å². The lowest BCUT2D eigenvalue weighted by Crippen LogP contribution is -2.32. The lowest BCUT2D eigenvalue weighted by Gasteiger charge is -2.32. The first-order valence-corrected chi connectivity index (χ1v) is 12.1. The number of rotatable bonds is 7. The Morgan fingerprint density at radius 1 is 1.17 bits per heavy atom. The van der Waals surface area contributed by atoms with Crippen molar-refractivity contribution in [1.29, 1.82) is 0 Å². The standard InChI is InChI=1S/C28H30N6O/c1-4-24(35)16-20-7-5-8-21(15-20)26-25-19(3)32-33-27(25)31-28(30-26)29-22-9-6-10-23(17-22)34-13-11-18(2)12-14-34/h4-10,15,17-18H,1,11-14,16H2,2-3H3,(H2,29,30,31,32,33). The van der Waals surface area contributed by atoms with Gasteiger partial charge in [0.1, 0.15) is 0 Å². The lowest BCUT2D eigenvalue weighted by atomic mass is 9.99. The van der Waals surface area contributed by atoms with Crippen molar-refractivity contribution in [3.05, 3.63) is 72.4 Å². The summed E-state index contributed by atoms with van der Waals surface area (Å²) in [5, 5.41) is 11.7. The molecule has 5 rings (SSSR count). The van der Waals surface area contributed by atoms with E-state index in [1.165, 1.54) is 24.6 Å². The summed E-state index contributed by atoms with van der Waals surface area (Å²) in [6.07, 6.45) is 4.10. The minimum absolute atomic E-state index is 0.0140. The fourth-order valence-corrected chi connectivity index (χ4v) is 4.61. The van der Waals surface area contributed by atoms with E-state index in [1.54, 1.807) is 0 Å². The number of benzene rings is 2. The topological polar surface area (TPSA) is 86.8 Å². The number of nitrogens with zero attached hydrogens (tertiary/aromatic N) is 4. The Labute approximate surface area is 205 Å². The van der Waals surface area contributed by atoms with E-state index in [-0.39, 0.29) is 5.78 Å². The Bertz CT molecular complexity index is 1380. The van der Waals surface area contributed by atoms with Crippen molar-refractivity contribution in [3.8, 4) is 11.3 Å². The molecule has 0 spiro atoms. The van der Waals surface area contributed by atoms with Gasteiger partial charge in [0.05, 0.1) is 11.1 Å². The van der Waals surface area contributed by atoms with Gasteiger partial charge in [0.25, 0.3) is 0 Å². The van der Waals surface area contributed by atoms with Gasteiger partial charge in [0, 0.05) is 42.1 Å². The summed E-state index contributed by atoms with van der Waals surface area (Å²) in [7, 11) is 0. The molecule has 0 atom stereocenters. The van der Waals surface area contributed by atoms with E-state index in [9.17, 15) is 4.79 Å². The number of anilines is 3. The van der Waals surface area contributed by atoms with Crippen molar-refractivity contribution >= 4 is 34.1 Å². The Hall–Kier alpha value is -4.00. The molecule has 2 N–H and O–H groups in total. The van der Waals surface area contributed by atoms with Gasteiger partial charge in [-0.15, -0.1) is 0 Å². The van der Waals surface area contributed by atoms with Crippen LogP contribution in [0.2, 0.25) is 0 Å². The van der Waals surface area contributed by atoms with Gasteiger partial charge >= 0.3 is 0 Å². The number of hydrogen-bond acceptors (Lipinski definition) is 6. The number of carbonyl (C=O) groups excluding carboxylic acids is 1. The van der Waals surface area contributed by atoms with E-state index in [1.807, 2.05) is 37.3 Å². The zero-order valence-electron chi connectivity index (χ0n) is 20.2. The summed E-state index contributed by atoms with van der Waals surface area (Å²) in [5.74, 6) is 1.26. The first-order valence-electron chi connectivity index (χ1n) is 12.1. The highest BCUT2D eigenvalue weighted by Gasteiger charge is 2.18. The normalized spacial score (nSPS) is 14.3. The molecule has 1 fully saturated rings. The highest BCUT2D eigenvalue weighted by molar-refractivity contribution is 5.94. The van der Waals surface area contributed by atoms with Crippen molar-refractivity contribution in [1.82, 2.24) is 20.2 Å². The van der Waals surface area contributed by atoms with Crippen LogP contribution >= 0.6 is 0 Å². The van der Waals surface area contributed by atoms with E-state index in [4.69, 9.17) is 4.98 Å². The van der Waals surface area contributed by atoms with Crippen LogP contribution < -0.4 is 10.2 Å². The number of carbonyl (C=O) groups is 1. The highest BCUT2D eigenvalue weighted by atomic mass is 16.1. The van der Waals surface area contributed by atoms with Crippen molar-refractivity contribution in [2.24, 2.45) is 5.92 Å². The van der Waals surface area contributed by atoms with Gasteiger partial charge in [-0.2, -0.15) is 10.1 Å². The molecular weight excluding hydrogens is 436 g/mol. The zero-order valence-corrected chi connectivity index (χ0v) is 20.2. The summed E-state index contributed by atoms with van der Waals surface area (Å²) >= 11 is 0. The molecule has 1 saturated heterocycles. The molecule has 0 amide bonds. The molecule has 0 bridgehead atoms. The maximum Gasteiger partial charge on any atom is 0.229 e. The predicted molar refractivity (Wildman–Crippen MR) is 141 cm³/mol. The number of hydrogen-bond donors (Lipinski definition) is 2. The molecule has 0 aliphatic carbocycles. The smallest absolute Gasteiger partial charge is 0.229 e. The number of aromatic nitrogens is 4. The number of nitrogens with one attached hydrogen (secondary N) is 2. The fourth-order valence-electron chi connectivity index (χ4n) is 4.61. The van der Waals surface area contributed by atoms with Crippen molar-refractivity contribution in [2.75, 3.05) is 23.3 Å². The van der Waals surface area contributed by atoms with Crippen LogP contribution in [-0.4, -0.2) is 39.0 Å². The number of fused-ring (bicyclic) bond motifs is 1. The molecule has 7 heteroatoms. The maximum absolute atomic E-state index is 11.9. The number of ketones is 1. The molecule has 0 saturated carbocycles. The average Bonchev–Trinajstić information content (AvgIpc) is 3.24. The molecule has 7 nitrogen and oxygen atoms in total. The predicted octanol–water partition coefficient (Wildman–Crippen LogP) is 5.61.